The first kappa shape index (κ1) is 44.9. The lowest BCUT2D eigenvalue weighted by Crippen LogP contribution is -1.83. The van der Waals surface area contributed by atoms with E-state index in [1.807, 2.05) is 0 Å². The molecule has 0 bridgehead atoms. The summed E-state index contributed by atoms with van der Waals surface area (Å²) in [4.78, 5) is 0. The van der Waals surface area contributed by atoms with E-state index in [0.717, 1.165) is 19.3 Å². The third-order valence-corrected chi connectivity index (χ3v) is 6.91. The van der Waals surface area contributed by atoms with Crippen molar-refractivity contribution in [1.29, 1.82) is 0 Å². The summed E-state index contributed by atoms with van der Waals surface area (Å²) in [5.41, 5.74) is 0. The summed E-state index contributed by atoms with van der Waals surface area (Å²) in [6.45, 7) is 7.15. The van der Waals surface area contributed by atoms with Gasteiger partial charge in [-0.25, -0.2) is 0 Å². The van der Waals surface area contributed by atoms with Gasteiger partial charge in [0.15, 0.2) is 0 Å². The topological polar surface area (TPSA) is 20.2 Å². The molecule has 41 heavy (non-hydrogen) atoms. The van der Waals surface area contributed by atoms with E-state index in [2.05, 4.69) is 69.4 Å². The zero-order chi connectivity index (χ0) is 30.7. The Morgan fingerprint density at radius 2 is 0.610 bits per heavy atom. The number of rotatable bonds is 28. The van der Waals surface area contributed by atoms with E-state index in [1.54, 1.807) is 0 Å². The van der Waals surface area contributed by atoms with Gasteiger partial charge >= 0.3 is 0 Å². The molecule has 0 aliphatic heterocycles. The molecule has 0 unspecified atom stereocenters. The molecule has 0 aromatic carbocycles. The van der Waals surface area contributed by atoms with Gasteiger partial charge in [-0.05, 0) is 70.6 Å². The van der Waals surface area contributed by atoms with Crippen molar-refractivity contribution in [3.63, 3.8) is 0 Å². The molecule has 0 spiro atoms. The average Bonchev–Trinajstić information content (AvgIpc) is 2.98. The Balaban J connectivity index is -0.000000642. The summed E-state index contributed by atoms with van der Waals surface area (Å²) in [5, 5.41) is 8.85. The van der Waals surface area contributed by atoms with E-state index < -0.39 is 0 Å². The normalized spacial score (nSPS) is 11.5. The highest BCUT2D eigenvalue weighted by molar-refractivity contribution is 6.40. The number of unbranched alkanes of at least 4 members (excludes halogenated alkanes) is 19. The molecule has 3 heteroatoms. The third-order valence-electron chi connectivity index (χ3n) is 6.91. The maximum absolute atomic E-state index is 8.66. The monoisotopic (exact) mass is 614 g/mol. The summed E-state index contributed by atoms with van der Waals surface area (Å²) in [6, 6.07) is 0. The summed E-state index contributed by atoms with van der Waals surface area (Å²) in [7, 11) is 0. The molecular weight excluding hydrogens is 543 g/mol. The van der Waals surface area contributed by atoms with Gasteiger partial charge in [0, 0.05) is 6.61 Å². The smallest absolute Gasteiger partial charge is 0.0967 e. The van der Waals surface area contributed by atoms with Crippen LogP contribution in [0.1, 0.15) is 181 Å². The molecule has 0 radical (unpaired) electrons. The van der Waals surface area contributed by atoms with Crippen LogP contribution in [0.5, 0.6) is 0 Å². The molecule has 0 rings (SSSR count). The Kier molecular flexibility index (Phi) is 53.9. The number of aliphatic hydroxyl groups excluding tert-OH is 1. The summed E-state index contributed by atoms with van der Waals surface area (Å²) in [5.74, 6) is 0. The van der Waals surface area contributed by atoms with Crippen LogP contribution in [0.4, 0.5) is 0 Å². The second-order valence-electron chi connectivity index (χ2n) is 11.0. The van der Waals surface area contributed by atoms with Crippen LogP contribution >= 0.6 is 23.2 Å². The van der Waals surface area contributed by atoms with E-state index in [0.29, 0.717) is 6.61 Å². The minimum Gasteiger partial charge on any atom is -0.396 e. The highest BCUT2D eigenvalue weighted by Gasteiger charge is 1.90. The second-order valence-corrected chi connectivity index (χ2v) is 11.8. The molecule has 244 valence electrons. The van der Waals surface area contributed by atoms with Crippen LogP contribution in [0.15, 0.2) is 48.6 Å². The largest absolute Gasteiger partial charge is 0.396 e. The summed E-state index contributed by atoms with van der Waals surface area (Å²) < 4.78 is 0. The van der Waals surface area contributed by atoms with Crippen molar-refractivity contribution in [2.75, 3.05) is 11.9 Å². The highest BCUT2D eigenvalue weighted by Crippen LogP contribution is 2.09. The quantitative estimate of drug-likeness (QED) is 0.0527. The predicted molar refractivity (Wildman–Crippen MR) is 193 cm³/mol. The van der Waals surface area contributed by atoms with E-state index in [1.165, 1.54) is 141 Å². The number of aliphatic hydroxyl groups is 1. The summed E-state index contributed by atoms with van der Waals surface area (Å²) >= 11 is 9.53. The van der Waals surface area contributed by atoms with Crippen LogP contribution in [0.25, 0.3) is 0 Å². The molecule has 0 aromatic rings. The zero-order valence-electron chi connectivity index (χ0n) is 27.9. The fraction of sp³-hybridized carbons (Fsp3) is 0.789. The molecule has 0 saturated heterocycles. The molecule has 0 heterocycles. The van der Waals surface area contributed by atoms with Crippen molar-refractivity contribution < 1.29 is 5.11 Å². The lowest BCUT2D eigenvalue weighted by atomic mass is 10.1. The van der Waals surface area contributed by atoms with Gasteiger partial charge in [-0.3, -0.25) is 0 Å². The van der Waals surface area contributed by atoms with Crippen molar-refractivity contribution in [3.05, 3.63) is 48.6 Å². The molecular formula is C38H72Cl2O. The predicted octanol–water partition coefficient (Wildman–Crippen LogP) is 14.4. The second kappa shape index (κ2) is 49.2. The first-order valence-electron chi connectivity index (χ1n) is 17.6. The van der Waals surface area contributed by atoms with Crippen molar-refractivity contribution in [3.8, 4) is 0 Å². The Hall–Kier alpha value is -0.500. The maximum atomic E-state index is 8.66. The van der Waals surface area contributed by atoms with Crippen LogP contribution in [0.2, 0.25) is 0 Å². The Labute approximate surface area is 269 Å². The standard InChI is InChI=1S/C19H36.C18H34O.CH2Cl2/c1-3-5-7-9-11-13-15-17-19-18-16-14-12-10-8-6-4-2;1-2-3-4-5-6-7-8-9-10-11-12-13-14-15-16-17-18-19;2-1-3/h11,13,17,19H,3-10,12,14-16,18H2,1-2H3;6-7,9-10,19H,2-5,8,11-18H2,1H3;1H2/b13-11-,19-17-;7-6-,10-9-;. The van der Waals surface area contributed by atoms with Crippen molar-refractivity contribution in [2.24, 2.45) is 0 Å². The Morgan fingerprint density at radius 3 is 0.927 bits per heavy atom. The Morgan fingerprint density at radius 1 is 0.366 bits per heavy atom. The number of allylic oxidation sites excluding steroid dienone is 8. The van der Waals surface area contributed by atoms with E-state index in [4.69, 9.17) is 28.3 Å². The van der Waals surface area contributed by atoms with Gasteiger partial charge in [-0.1, -0.05) is 159 Å². The van der Waals surface area contributed by atoms with Gasteiger partial charge < -0.3 is 5.11 Å². The van der Waals surface area contributed by atoms with Gasteiger partial charge in [0.05, 0.1) is 5.34 Å². The SMILES string of the molecule is CCCCC/C=C\C/C=C\CCCCCCCCC.CCCCC/C=C\C/C=C\CCCCCCCCO.ClCCl. The van der Waals surface area contributed by atoms with Gasteiger partial charge in [0.1, 0.15) is 0 Å². The van der Waals surface area contributed by atoms with Crippen LogP contribution in [-0.2, 0) is 0 Å². The highest BCUT2D eigenvalue weighted by atomic mass is 35.5. The lowest BCUT2D eigenvalue weighted by molar-refractivity contribution is 0.282. The number of hydrogen-bond donors (Lipinski definition) is 1. The minimum atomic E-state index is 0.194. The average molecular weight is 616 g/mol. The Bertz CT molecular complexity index is 478. The van der Waals surface area contributed by atoms with Crippen LogP contribution < -0.4 is 0 Å². The molecule has 1 nitrogen and oxygen atoms in total. The van der Waals surface area contributed by atoms with E-state index in [-0.39, 0.29) is 5.34 Å². The molecule has 0 atom stereocenters. The van der Waals surface area contributed by atoms with Crippen molar-refractivity contribution >= 4 is 23.2 Å². The molecule has 0 aromatic heterocycles. The fourth-order valence-corrected chi connectivity index (χ4v) is 4.34. The molecule has 0 saturated carbocycles. The van der Waals surface area contributed by atoms with Crippen molar-refractivity contribution in [2.45, 2.75) is 181 Å². The van der Waals surface area contributed by atoms with Crippen LogP contribution in [0.3, 0.4) is 0 Å². The molecule has 0 aliphatic carbocycles. The summed E-state index contributed by atoms with van der Waals surface area (Å²) in [6.07, 6.45) is 51.2. The number of halogens is 2. The number of alkyl halides is 2. The molecule has 0 amide bonds. The first-order chi connectivity index (χ1) is 20.2. The van der Waals surface area contributed by atoms with Gasteiger partial charge in [-0.2, -0.15) is 0 Å². The van der Waals surface area contributed by atoms with Gasteiger partial charge in [0.2, 0.25) is 0 Å². The zero-order valence-corrected chi connectivity index (χ0v) is 29.4. The number of hydrogen-bond acceptors (Lipinski definition) is 1. The maximum Gasteiger partial charge on any atom is 0.0967 e. The third kappa shape index (κ3) is 56.0. The molecule has 1 N–H and O–H groups in total. The van der Waals surface area contributed by atoms with E-state index in [9.17, 15) is 0 Å². The fourth-order valence-electron chi connectivity index (χ4n) is 4.34. The van der Waals surface area contributed by atoms with Gasteiger partial charge in [0.25, 0.3) is 0 Å². The van der Waals surface area contributed by atoms with Crippen molar-refractivity contribution in [1.82, 2.24) is 0 Å². The van der Waals surface area contributed by atoms with E-state index >= 15 is 0 Å². The van der Waals surface area contributed by atoms with Gasteiger partial charge in [-0.15, -0.1) is 23.2 Å². The minimum absolute atomic E-state index is 0.194. The molecule has 0 fully saturated rings. The van der Waals surface area contributed by atoms with Crippen LogP contribution in [0, 0.1) is 0 Å². The van der Waals surface area contributed by atoms with Crippen LogP contribution in [-0.4, -0.2) is 17.1 Å². The molecule has 0 aliphatic rings. The lowest BCUT2D eigenvalue weighted by Gasteiger charge is -1.98. The first-order valence-corrected chi connectivity index (χ1v) is 18.6.